The number of nitrogens with one attached hydrogen (secondary N) is 3. The molecule has 0 aliphatic heterocycles. The number of anilines is 2. The summed E-state index contributed by atoms with van der Waals surface area (Å²) in [5.41, 5.74) is 4.35. The number of hydrogen-bond acceptors (Lipinski definition) is 5. The second-order valence-corrected chi connectivity index (χ2v) is 10.7. The van der Waals surface area contributed by atoms with Crippen LogP contribution in [-0.2, 0) is 24.3 Å². The molecule has 0 bridgehead atoms. The Balaban J connectivity index is 1.76. The molecule has 0 atom stereocenters. The Morgan fingerprint density at radius 2 is 1.54 bits per heavy atom. The molecule has 9 nitrogen and oxygen atoms in total. The number of quaternary nitrogens is 2. The predicted octanol–water partition coefficient (Wildman–Crippen LogP) is 1.17. The first-order valence-corrected chi connectivity index (χ1v) is 12.6. The van der Waals surface area contributed by atoms with Crippen LogP contribution in [0.5, 0.6) is 0 Å². The number of sulfonamides is 1. The van der Waals surface area contributed by atoms with Crippen LogP contribution in [0.15, 0.2) is 65.6 Å². The zero-order valence-corrected chi connectivity index (χ0v) is 21.2. The number of rotatable bonds is 9. The van der Waals surface area contributed by atoms with Crippen molar-refractivity contribution in [2.45, 2.75) is 18.7 Å². The maximum atomic E-state index is 13.2. The van der Waals surface area contributed by atoms with E-state index in [9.17, 15) is 18.0 Å². The van der Waals surface area contributed by atoms with Crippen molar-refractivity contribution in [1.29, 1.82) is 0 Å². The van der Waals surface area contributed by atoms with Gasteiger partial charge in [0.1, 0.15) is 12.3 Å². The van der Waals surface area contributed by atoms with E-state index in [4.69, 9.17) is 4.74 Å². The molecule has 10 heteroatoms. The van der Waals surface area contributed by atoms with Crippen LogP contribution < -0.4 is 20.7 Å². The Morgan fingerprint density at radius 3 is 2.17 bits per heavy atom. The number of esters is 1. The van der Waals surface area contributed by atoms with Crippen molar-refractivity contribution in [2.24, 2.45) is 5.41 Å². The van der Waals surface area contributed by atoms with Crippen molar-refractivity contribution in [1.82, 2.24) is 0 Å². The zero-order valence-electron chi connectivity index (χ0n) is 20.3. The fourth-order valence-electron chi connectivity index (χ4n) is 3.48. The average molecular weight is 501 g/mol. The number of carbonyl (C=O) groups excluding carboxylic acids is 2. The van der Waals surface area contributed by atoms with E-state index in [1.54, 1.807) is 56.3 Å². The summed E-state index contributed by atoms with van der Waals surface area (Å²) in [6.45, 7) is 3.24. The molecule has 3 aromatic carbocycles. The Hall–Kier alpha value is -3.47. The third-order valence-electron chi connectivity index (χ3n) is 5.52. The standard InChI is InChI=1S/C25H30N4O5S/c1-25(2,16-34-23(30)15-26)24(31)27-17-11-13-18(14-12-17)28-35(32,33)22-10-6-7-19-20(22)8-5-9-21(19)29(3)4/h5-14,28H,15-16,26H2,1-4H3,(H,27,31)/p+2. The third-order valence-corrected chi connectivity index (χ3v) is 6.96. The molecular formula is C25H32N4O5S+2. The van der Waals surface area contributed by atoms with Crippen molar-refractivity contribution in [3.05, 3.63) is 60.7 Å². The minimum atomic E-state index is -3.86. The largest absolute Gasteiger partial charge is 0.460 e. The van der Waals surface area contributed by atoms with Crippen LogP contribution >= 0.6 is 0 Å². The highest BCUT2D eigenvalue weighted by atomic mass is 32.2. The van der Waals surface area contributed by atoms with Crippen LogP contribution in [0, 0.1) is 5.41 Å². The molecule has 3 rings (SSSR count). The number of benzene rings is 3. The summed E-state index contributed by atoms with van der Waals surface area (Å²) < 4.78 is 34.1. The summed E-state index contributed by atoms with van der Waals surface area (Å²) in [6.07, 6.45) is 0. The third kappa shape index (κ3) is 6.16. The van der Waals surface area contributed by atoms with Crippen molar-refractivity contribution in [3.63, 3.8) is 0 Å². The van der Waals surface area contributed by atoms with Crippen molar-refractivity contribution in [2.75, 3.05) is 37.3 Å². The highest BCUT2D eigenvalue weighted by molar-refractivity contribution is 7.93. The summed E-state index contributed by atoms with van der Waals surface area (Å²) in [4.78, 5) is 25.2. The van der Waals surface area contributed by atoms with Crippen LogP contribution in [0.2, 0.25) is 0 Å². The van der Waals surface area contributed by atoms with Gasteiger partial charge in [-0.2, -0.15) is 0 Å². The maximum absolute atomic E-state index is 13.2. The normalized spacial score (nSPS) is 11.9. The Labute approximate surface area is 205 Å². The Bertz CT molecular complexity index is 1340. The Kier molecular flexibility index (Phi) is 7.79. The van der Waals surface area contributed by atoms with Gasteiger partial charge in [-0.05, 0) is 56.3 Å². The quantitative estimate of drug-likeness (QED) is 0.327. The minimum Gasteiger partial charge on any atom is -0.460 e. The maximum Gasteiger partial charge on any atom is 0.361 e. The lowest BCUT2D eigenvalue weighted by atomic mass is 9.93. The fourth-order valence-corrected chi connectivity index (χ4v) is 4.76. The van der Waals surface area contributed by atoms with Crippen LogP contribution in [0.4, 0.5) is 17.1 Å². The summed E-state index contributed by atoms with van der Waals surface area (Å²) >= 11 is 0. The first kappa shape index (κ1) is 26.1. The lowest BCUT2D eigenvalue weighted by molar-refractivity contribution is -0.785. The van der Waals surface area contributed by atoms with Gasteiger partial charge in [0.15, 0.2) is 6.54 Å². The van der Waals surface area contributed by atoms with E-state index in [0.717, 1.165) is 16.0 Å². The molecular weight excluding hydrogens is 468 g/mol. The van der Waals surface area contributed by atoms with Gasteiger partial charge < -0.3 is 20.7 Å². The molecule has 0 unspecified atom stereocenters. The van der Waals surface area contributed by atoms with Gasteiger partial charge in [0, 0.05) is 22.1 Å². The molecule has 186 valence electrons. The van der Waals surface area contributed by atoms with E-state index < -0.39 is 21.4 Å². The van der Waals surface area contributed by atoms with Crippen LogP contribution in [-0.4, -0.2) is 47.5 Å². The van der Waals surface area contributed by atoms with Gasteiger partial charge in [0.25, 0.3) is 10.0 Å². The highest BCUT2D eigenvalue weighted by Crippen LogP contribution is 2.29. The topological polar surface area (TPSA) is 134 Å². The molecule has 0 radical (unpaired) electrons. The van der Waals surface area contributed by atoms with E-state index >= 15 is 0 Å². The van der Waals surface area contributed by atoms with E-state index in [1.807, 2.05) is 32.3 Å². The first-order chi connectivity index (χ1) is 16.4. The number of ether oxygens (including phenoxy) is 1. The van der Waals surface area contributed by atoms with E-state index in [0.29, 0.717) is 16.8 Å². The van der Waals surface area contributed by atoms with Crippen molar-refractivity contribution < 1.29 is 33.4 Å². The lowest BCUT2D eigenvalue weighted by Crippen LogP contribution is -3.00. The summed E-state index contributed by atoms with van der Waals surface area (Å²) in [5.74, 6) is -0.815. The van der Waals surface area contributed by atoms with Gasteiger partial charge >= 0.3 is 5.97 Å². The molecule has 0 aliphatic carbocycles. The SMILES string of the molecule is C[NH+](C)c1cccc2c(S(=O)(=O)Nc3ccc(NC(=O)C(C)(C)COC(=O)C[NH3+])cc3)cccc12. The monoisotopic (exact) mass is 500 g/mol. The smallest absolute Gasteiger partial charge is 0.361 e. The molecule has 0 saturated carbocycles. The summed E-state index contributed by atoms with van der Waals surface area (Å²) in [5, 5.41) is 4.28. The molecule has 3 aromatic rings. The predicted molar refractivity (Wildman–Crippen MR) is 135 cm³/mol. The molecule has 0 aliphatic rings. The van der Waals surface area contributed by atoms with Crippen LogP contribution in [0.25, 0.3) is 10.8 Å². The summed E-state index contributed by atoms with van der Waals surface area (Å²) in [6, 6.07) is 17.2. The van der Waals surface area contributed by atoms with Crippen molar-refractivity contribution >= 4 is 49.7 Å². The van der Waals surface area contributed by atoms with E-state index in [2.05, 4.69) is 15.8 Å². The highest BCUT2D eigenvalue weighted by Gasteiger charge is 2.30. The lowest BCUT2D eigenvalue weighted by Gasteiger charge is -2.23. The number of hydrogen-bond donors (Lipinski definition) is 4. The molecule has 0 spiro atoms. The van der Waals surface area contributed by atoms with E-state index in [1.165, 1.54) is 0 Å². The van der Waals surface area contributed by atoms with Gasteiger partial charge in [-0.1, -0.05) is 18.2 Å². The molecule has 35 heavy (non-hydrogen) atoms. The van der Waals surface area contributed by atoms with Crippen molar-refractivity contribution in [3.8, 4) is 0 Å². The Morgan fingerprint density at radius 1 is 0.943 bits per heavy atom. The van der Waals surface area contributed by atoms with Gasteiger partial charge in [0.2, 0.25) is 5.91 Å². The average Bonchev–Trinajstić information content (AvgIpc) is 2.82. The number of fused-ring (bicyclic) bond motifs is 1. The molecule has 0 heterocycles. The second-order valence-electron chi connectivity index (χ2n) is 9.09. The minimum absolute atomic E-state index is 0.00824. The van der Waals surface area contributed by atoms with Gasteiger partial charge in [0.05, 0.1) is 24.4 Å². The molecule has 0 fully saturated rings. The van der Waals surface area contributed by atoms with Gasteiger partial charge in [-0.25, -0.2) is 13.2 Å². The number of carbonyl (C=O) groups is 2. The first-order valence-electron chi connectivity index (χ1n) is 11.2. The molecule has 1 amide bonds. The zero-order chi connectivity index (χ0) is 25.8. The fraction of sp³-hybridized carbons (Fsp3) is 0.280. The molecule has 0 saturated heterocycles. The number of amides is 1. The summed E-state index contributed by atoms with van der Waals surface area (Å²) in [7, 11) is 0.122. The molecule has 0 aromatic heterocycles. The molecule has 6 N–H and O–H groups in total. The van der Waals surface area contributed by atoms with Crippen LogP contribution in [0.1, 0.15) is 13.8 Å². The van der Waals surface area contributed by atoms with Gasteiger partial charge in [-0.15, -0.1) is 0 Å². The van der Waals surface area contributed by atoms with Crippen LogP contribution in [0.3, 0.4) is 0 Å². The van der Waals surface area contributed by atoms with E-state index in [-0.39, 0.29) is 24.0 Å². The second kappa shape index (κ2) is 10.4. The van der Waals surface area contributed by atoms with Gasteiger partial charge in [-0.3, -0.25) is 9.52 Å².